The molecule has 0 saturated carbocycles. The molecule has 0 atom stereocenters. The molecule has 2 heterocycles. The molecule has 2 nitrogen and oxygen atoms in total. The molecule has 0 aliphatic heterocycles. The summed E-state index contributed by atoms with van der Waals surface area (Å²) in [4.78, 5) is 10.5. The first-order valence-electron chi connectivity index (χ1n) is 11.2. The summed E-state index contributed by atoms with van der Waals surface area (Å²) in [6.07, 6.45) is 0.693. The second-order valence-corrected chi connectivity index (χ2v) is 11.4. The lowest BCUT2D eigenvalue weighted by molar-refractivity contribution is 0.409. The first-order valence-corrected chi connectivity index (χ1v) is 12.1. The van der Waals surface area contributed by atoms with E-state index >= 15 is 0 Å². The Morgan fingerprint density at radius 2 is 1.34 bits per heavy atom. The quantitative estimate of drug-likeness (QED) is 0.259. The Bertz CT molecular complexity index is 1390. The molecule has 0 spiro atoms. The highest BCUT2D eigenvalue weighted by Crippen LogP contribution is 2.41. The fourth-order valence-corrected chi connectivity index (χ4v) is 5.52. The summed E-state index contributed by atoms with van der Waals surface area (Å²) < 4.78 is 55.9. The fraction of sp³-hybridized carbons (Fsp3) is 0.286. The summed E-state index contributed by atoms with van der Waals surface area (Å²) >= 11 is 1.38. The second-order valence-electron chi connectivity index (χ2n) is 10.3. The zero-order valence-corrected chi connectivity index (χ0v) is 21.0. The van der Waals surface area contributed by atoms with Crippen molar-refractivity contribution in [1.29, 1.82) is 0 Å². The zero-order valence-electron chi connectivity index (χ0n) is 20.2. The summed E-state index contributed by atoms with van der Waals surface area (Å²) in [6, 6.07) is 12.2. The van der Waals surface area contributed by atoms with Gasteiger partial charge in [-0.05, 0) is 62.1 Å². The van der Waals surface area contributed by atoms with Crippen molar-refractivity contribution < 1.29 is 17.6 Å². The number of nitrogens with zero attached hydrogens (tertiary/aromatic N) is 2. The molecule has 0 N–H and O–H groups in total. The molecule has 2 aromatic carbocycles. The molecule has 35 heavy (non-hydrogen) atoms. The molecule has 0 fully saturated rings. The lowest BCUT2D eigenvalue weighted by Crippen LogP contribution is -2.24. The highest BCUT2D eigenvalue weighted by molar-refractivity contribution is 7.15. The Morgan fingerprint density at radius 3 is 1.91 bits per heavy atom. The van der Waals surface area contributed by atoms with Crippen LogP contribution in [0.3, 0.4) is 0 Å². The van der Waals surface area contributed by atoms with E-state index in [0.29, 0.717) is 22.8 Å². The number of aromatic nitrogens is 2. The van der Waals surface area contributed by atoms with Gasteiger partial charge in [0.1, 0.15) is 28.3 Å². The smallest absolute Gasteiger partial charge is 0.136 e. The molecule has 7 heteroatoms. The van der Waals surface area contributed by atoms with Crippen molar-refractivity contribution in [3.8, 4) is 21.8 Å². The molecule has 4 aromatic rings. The van der Waals surface area contributed by atoms with Crippen molar-refractivity contribution in [3.05, 3.63) is 94.1 Å². The van der Waals surface area contributed by atoms with Gasteiger partial charge in [0, 0.05) is 28.1 Å². The summed E-state index contributed by atoms with van der Waals surface area (Å²) in [5.41, 5.74) is 1.42. The minimum absolute atomic E-state index is 0.0670. The highest BCUT2D eigenvalue weighted by atomic mass is 32.1. The van der Waals surface area contributed by atoms with E-state index in [2.05, 4.69) is 20.8 Å². The van der Waals surface area contributed by atoms with Gasteiger partial charge in [-0.2, -0.15) is 0 Å². The third-order valence-corrected chi connectivity index (χ3v) is 6.83. The number of thiazole rings is 1. The number of pyridine rings is 1. The molecule has 0 amide bonds. The summed E-state index contributed by atoms with van der Waals surface area (Å²) in [5.74, 6) is -2.66. The largest absolute Gasteiger partial charge is 0.252 e. The number of halogens is 4. The van der Waals surface area contributed by atoms with E-state index in [0.717, 1.165) is 22.7 Å². The van der Waals surface area contributed by atoms with E-state index < -0.39 is 28.7 Å². The average molecular weight is 499 g/mol. The van der Waals surface area contributed by atoms with Gasteiger partial charge in [-0.3, -0.25) is 4.98 Å². The van der Waals surface area contributed by atoms with Crippen molar-refractivity contribution in [2.75, 3.05) is 0 Å². The highest BCUT2D eigenvalue weighted by Gasteiger charge is 2.33. The van der Waals surface area contributed by atoms with Gasteiger partial charge in [0.05, 0.1) is 22.5 Å². The number of benzene rings is 2. The topological polar surface area (TPSA) is 25.8 Å². The van der Waals surface area contributed by atoms with E-state index in [-0.39, 0.29) is 16.5 Å². The Hall–Kier alpha value is -3.06. The zero-order chi connectivity index (χ0) is 25.5. The molecule has 0 unspecified atom stereocenters. The van der Waals surface area contributed by atoms with Crippen molar-refractivity contribution >= 4 is 11.3 Å². The molecule has 0 aliphatic carbocycles. The SMILES string of the molecule is CC(C)(C)Cc1sc(-c2ccc(F)cc2F)nc1C(C)(C)c1cccc(-c2ccc(F)cc2F)n1. The van der Waals surface area contributed by atoms with Crippen LogP contribution in [-0.2, 0) is 11.8 Å². The molecule has 4 rings (SSSR count). The molecule has 0 aliphatic rings. The van der Waals surface area contributed by atoms with E-state index in [1.807, 2.05) is 19.9 Å². The lowest BCUT2D eigenvalue weighted by Gasteiger charge is -2.26. The van der Waals surface area contributed by atoms with Crippen LogP contribution in [0.2, 0.25) is 0 Å². The second kappa shape index (κ2) is 9.19. The molecule has 0 bridgehead atoms. The van der Waals surface area contributed by atoms with E-state index in [4.69, 9.17) is 9.97 Å². The molecular formula is C28H26F4N2S. The van der Waals surface area contributed by atoms with E-state index in [1.54, 1.807) is 12.1 Å². The van der Waals surface area contributed by atoms with Crippen LogP contribution in [0.25, 0.3) is 21.8 Å². The molecular weight excluding hydrogens is 472 g/mol. The molecule has 0 radical (unpaired) electrons. The minimum atomic E-state index is -0.710. The summed E-state index contributed by atoms with van der Waals surface area (Å²) in [6.45, 7) is 10.3. The monoisotopic (exact) mass is 498 g/mol. The van der Waals surface area contributed by atoms with Crippen molar-refractivity contribution in [2.24, 2.45) is 5.41 Å². The van der Waals surface area contributed by atoms with Gasteiger partial charge >= 0.3 is 0 Å². The van der Waals surface area contributed by atoms with E-state index in [1.165, 1.54) is 35.6 Å². The van der Waals surface area contributed by atoms with Gasteiger partial charge in [0.25, 0.3) is 0 Å². The van der Waals surface area contributed by atoms with Gasteiger partial charge < -0.3 is 0 Å². The molecule has 0 saturated heterocycles. The summed E-state index contributed by atoms with van der Waals surface area (Å²) in [5, 5.41) is 0.463. The first kappa shape index (κ1) is 25.0. The van der Waals surface area contributed by atoms with Crippen LogP contribution >= 0.6 is 11.3 Å². The number of hydrogen-bond donors (Lipinski definition) is 0. The Kier molecular flexibility index (Phi) is 6.58. The first-order chi connectivity index (χ1) is 16.3. The van der Waals surface area contributed by atoms with Crippen molar-refractivity contribution in [3.63, 3.8) is 0 Å². The van der Waals surface area contributed by atoms with Gasteiger partial charge in [0.15, 0.2) is 0 Å². The van der Waals surface area contributed by atoms with Crippen LogP contribution in [0, 0.1) is 28.7 Å². The number of hydrogen-bond acceptors (Lipinski definition) is 3. The van der Waals surface area contributed by atoms with Gasteiger partial charge in [-0.1, -0.05) is 26.8 Å². The Labute approximate surface area is 206 Å². The van der Waals surface area contributed by atoms with Crippen LogP contribution in [0.5, 0.6) is 0 Å². The molecule has 182 valence electrons. The number of rotatable bonds is 5. The van der Waals surface area contributed by atoms with Crippen LogP contribution < -0.4 is 0 Å². The predicted octanol–water partition coefficient (Wildman–Crippen LogP) is 8.34. The average Bonchev–Trinajstić information content (AvgIpc) is 3.16. The van der Waals surface area contributed by atoms with Gasteiger partial charge in [-0.25, -0.2) is 22.5 Å². The minimum Gasteiger partial charge on any atom is -0.252 e. The van der Waals surface area contributed by atoms with Crippen molar-refractivity contribution in [1.82, 2.24) is 9.97 Å². The normalized spacial score (nSPS) is 12.3. The summed E-state index contributed by atoms with van der Waals surface area (Å²) in [7, 11) is 0. The predicted molar refractivity (Wildman–Crippen MR) is 132 cm³/mol. The van der Waals surface area contributed by atoms with Crippen LogP contribution in [0.1, 0.15) is 50.9 Å². The lowest BCUT2D eigenvalue weighted by atomic mass is 9.81. The third-order valence-electron chi connectivity index (χ3n) is 5.74. The third kappa shape index (κ3) is 5.30. The maximum atomic E-state index is 14.6. The Morgan fingerprint density at radius 1 is 0.743 bits per heavy atom. The standard InChI is InChI=1S/C28H26F4N2S/c1-27(2,3)15-23-25(34-26(35-23)19-12-10-17(30)14-21(19)32)28(4,5)24-8-6-7-22(33-24)18-11-9-16(29)13-20(18)31/h6-14H,15H2,1-5H3. The van der Waals surface area contributed by atoms with Crippen LogP contribution in [0.15, 0.2) is 54.6 Å². The Balaban J connectivity index is 1.84. The van der Waals surface area contributed by atoms with Crippen molar-refractivity contribution in [2.45, 2.75) is 46.5 Å². The van der Waals surface area contributed by atoms with Crippen LogP contribution in [-0.4, -0.2) is 9.97 Å². The maximum absolute atomic E-state index is 14.6. The van der Waals surface area contributed by atoms with Gasteiger partial charge in [-0.15, -0.1) is 11.3 Å². The fourth-order valence-electron chi connectivity index (χ4n) is 3.97. The van der Waals surface area contributed by atoms with E-state index in [9.17, 15) is 17.6 Å². The maximum Gasteiger partial charge on any atom is 0.136 e. The van der Waals surface area contributed by atoms with Crippen LogP contribution in [0.4, 0.5) is 17.6 Å². The molecule has 2 aromatic heterocycles. The van der Waals surface area contributed by atoms with Gasteiger partial charge in [0.2, 0.25) is 0 Å².